The summed E-state index contributed by atoms with van der Waals surface area (Å²) < 4.78 is 5.89. The van der Waals surface area contributed by atoms with Crippen LogP contribution in [-0.4, -0.2) is 62.3 Å². The van der Waals surface area contributed by atoms with E-state index in [-0.39, 0.29) is 0 Å². The first-order valence-corrected chi connectivity index (χ1v) is 6.37. The Balaban J connectivity index is 1.54. The van der Waals surface area contributed by atoms with Crippen LogP contribution in [0.3, 0.4) is 0 Å². The van der Waals surface area contributed by atoms with Crippen molar-refractivity contribution in [1.29, 1.82) is 0 Å². The molecule has 0 N–H and O–H groups in total. The van der Waals surface area contributed by atoms with Crippen molar-refractivity contribution in [3.8, 4) is 0 Å². The first-order chi connectivity index (χ1) is 7.34. The van der Waals surface area contributed by atoms with E-state index in [4.69, 9.17) is 4.74 Å². The van der Waals surface area contributed by atoms with E-state index >= 15 is 0 Å². The number of ether oxygens (including phenoxy) is 1. The Hall–Kier alpha value is -0.120. The Kier molecular flexibility index (Phi) is 4.42. The second kappa shape index (κ2) is 5.83. The van der Waals surface area contributed by atoms with E-state index in [2.05, 4.69) is 16.8 Å². The molecule has 0 aromatic carbocycles. The Morgan fingerprint density at radius 1 is 1.13 bits per heavy atom. The van der Waals surface area contributed by atoms with Crippen LogP contribution < -0.4 is 0 Å². The molecule has 2 saturated heterocycles. The van der Waals surface area contributed by atoms with Crippen molar-refractivity contribution in [1.82, 2.24) is 9.80 Å². The van der Waals surface area contributed by atoms with Gasteiger partial charge in [-0.3, -0.25) is 0 Å². The highest BCUT2D eigenvalue weighted by Crippen LogP contribution is 2.11. The van der Waals surface area contributed by atoms with E-state index in [0.29, 0.717) is 6.10 Å². The van der Waals surface area contributed by atoms with Crippen molar-refractivity contribution >= 4 is 0 Å². The van der Waals surface area contributed by atoms with E-state index in [1.165, 1.54) is 45.3 Å². The maximum absolute atomic E-state index is 5.89. The zero-order chi connectivity index (χ0) is 10.5. The molecule has 0 aliphatic carbocycles. The summed E-state index contributed by atoms with van der Waals surface area (Å²) in [5.74, 6) is 0. The average Bonchev–Trinajstić information content (AvgIpc) is 2.66. The third-order valence-corrected chi connectivity index (χ3v) is 3.56. The van der Waals surface area contributed by atoms with Crippen molar-refractivity contribution in [2.45, 2.75) is 31.8 Å². The molecule has 0 aromatic rings. The number of piperidine rings is 1. The second-order valence-corrected chi connectivity index (χ2v) is 4.95. The summed E-state index contributed by atoms with van der Waals surface area (Å²) in [5.41, 5.74) is 0. The van der Waals surface area contributed by atoms with Crippen LogP contribution in [0.15, 0.2) is 0 Å². The molecule has 0 bridgehead atoms. The minimum absolute atomic E-state index is 0.500. The van der Waals surface area contributed by atoms with Gasteiger partial charge in [-0.05, 0) is 39.4 Å². The van der Waals surface area contributed by atoms with Gasteiger partial charge in [-0.1, -0.05) is 6.42 Å². The predicted octanol–water partition coefficient (Wildman–Crippen LogP) is 1.19. The van der Waals surface area contributed by atoms with Crippen LogP contribution in [0.5, 0.6) is 0 Å². The lowest BCUT2D eigenvalue weighted by molar-refractivity contribution is 0.0410. The van der Waals surface area contributed by atoms with Crippen LogP contribution >= 0.6 is 0 Å². The maximum atomic E-state index is 5.89. The molecule has 15 heavy (non-hydrogen) atoms. The molecule has 0 aromatic heterocycles. The van der Waals surface area contributed by atoms with E-state index in [9.17, 15) is 0 Å². The minimum atomic E-state index is 0.500. The molecule has 0 spiro atoms. The highest BCUT2D eigenvalue weighted by molar-refractivity contribution is 4.73. The van der Waals surface area contributed by atoms with E-state index in [1.807, 2.05) is 0 Å². The topological polar surface area (TPSA) is 15.7 Å². The normalized spacial score (nSPS) is 29.8. The van der Waals surface area contributed by atoms with Gasteiger partial charge in [0.05, 0.1) is 12.7 Å². The molecule has 2 aliphatic heterocycles. The van der Waals surface area contributed by atoms with E-state index in [0.717, 1.165) is 19.7 Å². The summed E-state index contributed by atoms with van der Waals surface area (Å²) in [7, 11) is 2.17. The first kappa shape index (κ1) is 11.4. The SMILES string of the molecule is CN1CCC(OCCN2CCCCC2)C1. The van der Waals surface area contributed by atoms with Crippen LogP contribution in [0.4, 0.5) is 0 Å². The minimum Gasteiger partial charge on any atom is -0.376 e. The molecule has 1 unspecified atom stereocenters. The van der Waals surface area contributed by atoms with E-state index < -0.39 is 0 Å². The Bertz CT molecular complexity index is 176. The highest BCUT2D eigenvalue weighted by Gasteiger charge is 2.20. The summed E-state index contributed by atoms with van der Waals surface area (Å²) >= 11 is 0. The molecule has 2 aliphatic rings. The fourth-order valence-corrected chi connectivity index (χ4v) is 2.56. The molecule has 0 amide bonds. The number of rotatable bonds is 4. The van der Waals surface area contributed by atoms with Crippen LogP contribution in [0.1, 0.15) is 25.7 Å². The smallest absolute Gasteiger partial charge is 0.0714 e. The lowest BCUT2D eigenvalue weighted by Crippen LogP contribution is -2.33. The average molecular weight is 212 g/mol. The van der Waals surface area contributed by atoms with Gasteiger partial charge in [-0.15, -0.1) is 0 Å². The summed E-state index contributed by atoms with van der Waals surface area (Å²) in [6.07, 6.45) is 5.90. The van der Waals surface area contributed by atoms with Crippen LogP contribution in [0, 0.1) is 0 Å². The van der Waals surface area contributed by atoms with Gasteiger partial charge in [0, 0.05) is 19.6 Å². The molecule has 88 valence electrons. The first-order valence-electron chi connectivity index (χ1n) is 6.37. The maximum Gasteiger partial charge on any atom is 0.0714 e. The summed E-state index contributed by atoms with van der Waals surface area (Å²) in [6, 6.07) is 0. The molecule has 0 radical (unpaired) electrons. The number of nitrogens with zero attached hydrogens (tertiary/aromatic N) is 2. The van der Waals surface area contributed by atoms with Crippen molar-refractivity contribution < 1.29 is 4.74 Å². The lowest BCUT2D eigenvalue weighted by atomic mass is 10.1. The molecular formula is C12H24N2O. The Morgan fingerprint density at radius 2 is 1.93 bits per heavy atom. The summed E-state index contributed by atoms with van der Waals surface area (Å²) in [4.78, 5) is 4.90. The van der Waals surface area contributed by atoms with Gasteiger partial charge in [0.25, 0.3) is 0 Å². The van der Waals surface area contributed by atoms with Gasteiger partial charge in [0.15, 0.2) is 0 Å². The number of hydrogen-bond donors (Lipinski definition) is 0. The van der Waals surface area contributed by atoms with Crippen molar-refractivity contribution in [2.75, 3.05) is 46.4 Å². The van der Waals surface area contributed by atoms with Gasteiger partial charge >= 0.3 is 0 Å². The number of likely N-dealkylation sites (N-methyl/N-ethyl adjacent to an activating group) is 1. The van der Waals surface area contributed by atoms with E-state index in [1.54, 1.807) is 0 Å². The molecule has 0 saturated carbocycles. The number of likely N-dealkylation sites (tertiary alicyclic amines) is 2. The molecule has 2 rings (SSSR count). The summed E-state index contributed by atoms with van der Waals surface area (Å²) in [6.45, 7) is 6.97. The predicted molar refractivity (Wildman–Crippen MR) is 62.1 cm³/mol. The fourth-order valence-electron chi connectivity index (χ4n) is 2.56. The quantitative estimate of drug-likeness (QED) is 0.696. The van der Waals surface area contributed by atoms with Gasteiger partial charge in [0.1, 0.15) is 0 Å². The highest BCUT2D eigenvalue weighted by atomic mass is 16.5. The van der Waals surface area contributed by atoms with Gasteiger partial charge in [-0.2, -0.15) is 0 Å². The molecule has 3 nitrogen and oxygen atoms in total. The standard InChI is InChI=1S/C12H24N2O/c1-13-8-5-12(11-13)15-10-9-14-6-3-2-4-7-14/h12H,2-11H2,1H3. The van der Waals surface area contributed by atoms with Gasteiger partial charge in [-0.25, -0.2) is 0 Å². The van der Waals surface area contributed by atoms with Crippen molar-refractivity contribution in [2.24, 2.45) is 0 Å². The molecule has 2 heterocycles. The van der Waals surface area contributed by atoms with Gasteiger partial charge < -0.3 is 14.5 Å². The molecule has 3 heteroatoms. The van der Waals surface area contributed by atoms with Crippen molar-refractivity contribution in [3.63, 3.8) is 0 Å². The third-order valence-electron chi connectivity index (χ3n) is 3.56. The molecular weight excluding hydrogens is 188 g/mol. The zero-order valence-corrected chi connectivity index (χ0v) is 9.95. The number of hydrogen-bond acceptors (Lipinski definition) is 3. The fraction of sp³-hybridized carbons (Fsp3) is 1.00. The Labute approximate surface area is 93.4 Å². The largest absolute Gasteiger partial charge is 0.376 e. The lowest BCUT2D eigenvalue weighted by Gasteiger charge is -2.26. The van der Waals surface area contributed by atoms with Crippen LogP contribution in [-0.2, 0) is 4.74 Å². The van der Waals surface area contributed by atoms with Crippen LogP contribution in [0.2, 0.25) is 0 Å². The third kappa shape index (κ3) is 3.74. The second-order valence-electron chi connectivity index (χ2n) is 4.95. The van der Waals surface area contributed by atoms with Crippen molar-refractivity contribution in [3.05, 3.63) is 0 Å². The zero-order valence-electron chi connectivity index (χ0n) is 9.95. The summed E-state index contributed by atoms with van der Waals surface area (Å²) in [5, 5.41) is 0. The monoisotopic (exact) mass is 212 g/mol. The Morgan fingerprint density at radius 3 is 2.60 bits per heavy atom. The van der Waals surface area contributed by atoms with Crippen LogP contribution in [0.25, 0.3) is 0 Å². The molecule has 1 atom stereocenters. The van der Waals surface area contributed by atoms with Gasteiger partial charge in [0.2, 0.25) is 0 Å². The molecule has 2 fully saturated rings.